The van der Waals surface area contributed by atoms with Crippen LogP contribution in [0.2, 0.25) is 0 Å². The number of rotatable bonds is 5. The molecule has 1 fully saturated rings. The lowest BCUT2D eigenvalue weighted by Crippen LogP contribution is -2.42. The molecule has 0 aliphatic heterocycles. The quantitative estimate of drug-likeness (QED) is 0.706. The van der Waals surface area contributed by atoms with Crippen molar-refractivity contribution in [3.8, 4) is 0 Å². The van der Waals surface area contributed by atoms with Gasteiger partial charge < -0.3 is 0 Å². The average molecular weight is 219 g/mol. The van der Waals surface area contributed by atoms with Crippen molar-refractivity contribution >= 4 is 10.0 Å². The molecule has 0 amide bonds. The van der Waals surface area contributed by atoms with Gasteiger partial charge in [-0.2, -0.15) is 4.31 Å². The fraction of sp³-hybridized carbons (Fsp3) is 1.00. The fourth-order valence-electron chi connectivity index (χ4n) is 1.49. The molecule has 0 aromatic rings. The Balaban J connectivity index is 2.69. The molecule has 0 bridgehead atoms. The van der Waals surface area contributed by atoms with Gasteiger partial charge in [0.25, 0.3) is 0 Å². The van der Waals surface area contributed by atoms with E-state index in [1.807, 2.05) is 6.92 Å². The normalized spacial score (nSPS) is 20.4. The zero-order valence-electron chi connectivity index (χ0n) is 9.53. The summed E-state index contributed by atoms with van der Waals surface area (Å²) in [6.45, 7) is 6.85. The molecular weight excluding hydrogens is 198 g/mol. The van der Waals surface area contributed by atoms with Crippen LogP contribution in [-0.4, -0.2) is 31.6 Å². The van der Waals surface area contributed by atoms with Crippen LogP contribution in [0, 0.1) is 11.8 Å². The van der Waals surface area contributed by atoms with Crippen molar-refractivity contribution in [1.82, 2.24) is 4.31 Å². The van der Waals surface area contributed by atoms with Gasteiger partial charge in [0.1, 0.15) is 0 Å². The van der Waals surface area contributed by atoms with E-state index in [1.54, 1.807) is 4.31 Å². The zero-order chi connectivity index (χ0) is 10.9. The maximum Gasteiger partial charge on any atom is 0.211 e. The van der Waals surface area contributed by atoms with E-state index in [2.05, 4.69) is 13.8 Å². The molecule has 14 heavy (non-hydrogen) atoms. The van der Waals surface area contributed by atoms with Crippen molar-refractivity contribution in [2.75, 3.05) is 12.8 Å². The third-order valence-electron chi connectivity index (χ3n) is 2.98. The molecule has 0 N–H and O–H groups in total. The maximum atomic E-state index is 11.6. The molecule has 1 atom stereocenters. The Kier molecular flexibility index (Phi) is 3.58. The molecule has 1 aliphatic carbocycles. The third-order valence-corrected chi connectivity index (χ3v) is 4.31. The third kappa shape index (κ3) is 3.24. The molecule has 1 aliphatic rings. The topological polar surface area (TPSA) is 37.4 Å². The van der Waals surface area contributed by atoms with Gasteiger partial charge in [-0.15, -0.1) is 0 Å². The van der Waals surface area contributed by atoms with Gasteiger partial charge in [0.05, 0.1) is 6.26 Å². The molecule has 84 valence electrons. The first-order chi connectivity index (χ1) is 6.32. The Morgan fingerprint density at radius 2 is 1.79 bits per heavy atom. The Morgan fingerprint density at radius 1 is 1.29 bits per heavy atom. The maximum absolute atomic E-state index is 11.6. The molecule has 4 heteroatoms. The van der Waals surface area contributed by atoms with Crippen LogP contribution in [0.4, 0.5) is 0 Å². The number of sulfonamides is 1. The Labute approximate surface area is 87.5 Å². The van der Waals surface area contributed by atoms with Crippen molar-refractivity contribution < 1.29 is 8.42 Å². The highest BCUT2D eigenvalue weighted by molar-refractivity contribution is 7.88. The molecule has 0 unspecified atom stereocenters. The highest BCUT2D eigenvalue weighted by Crippen LogP contribution is 2.31. The van der Waals surface area contributed by atoms with Gasteiger partial charge in [0.15, 0.2) is 0 Å². The standard InChI is InChI=1S/C10H21NO2S/c1-8(2)9(3)11(14(4,12)13)7-10-5-6-10/h8-10H,5-7H2,1-4H3/t9-/m1/s1. The van der Waals surface area contributed by atoms with Gasteiger partial charge in [0, 0.05) is 12.6 Å². The Morgan fingerprint density at radius 3 is 2.07 bits per heavy atom. The summed E-state index contributed by atoms with van der Waals surface area (Å²) in [7, 11) is -3.03. The monoisotopic (exact) mass is 219 g/mol. The van der Waals surface area contributed by atoms with Gasteiger partial charge in [-0.25, -0.2) is 8.42 Å². The van der Waals surface area contributed by atoms with Gasteiger partial charge in [-0.3, -0.25) is 0 Å². The summed E-state index contributed by atoms with van der Waals surface area (Å²) < 4.78 is 24.8. The molecule has 0 heterocycles. The summed E-state index contributed by atoms with van der Waals surface area (Å²) in [5.74, 6) is 0.995. The summed E-state index contributed by atoms with van der Waals surface area (Å²) in [5, 5.41) is 0. The molecule has 1 rings (SSSR count). The first-order valence-electron chi connectivity index (χ1n) is 5.29. The van der Waals surface area contributed by atoms with Crippen LogP contribution in [0.5, 0.6) is 0 Å². The van der Waals surface area contributed by atoms with Crippen LogP contribution in [0.3, 0.4) is 0 Å². The van der Waals surface area contributed by atoms with Crippen molar-refractivity contribution in [3.63, 3.8) is 0 Å². The van der Waals surface area contributed by atoms with Crippen LogP contribution in [0.25, 0.3) is 0 Å². The minimum absolute atomic E-state index is 0.116. The lowest BCUT2D eigenvalue weighted by molar-refractivity contribution is 0.270. The Hall–Kier alpha value is -0.0900. The fourth-order valence-corrected chi connectivity index (χ4v) is 2.82. The SMILES string of the molecule is CC(C)[C@@H](C)N(CC1CC1)S(C)(=O)=O. The van der Waals surface area contributed by atoms with Gasteiger partial charge in [0.2, 0.25) is 10.0 Å². The predicted molar refractivity (Wildman–Crippen MR) is 58.6 cm³/mol. The minimum atomic E-state index is -3.03. The van der Waals surface area contributed by atoms with Crippen molar-refractivity contribution in [1.29, 1.82) is 0 Å². The largest absolute Gasteiger partial charge is 0.212 e. The lowest BCUT2D eigenvalue weighted by atomic mass is 10.1. The highest BCUT2D eigenvalue weighted by atomic mass is 32.2. The molecular formula is C10H21NO2S. The van der Waals surface area contributed by atoms with E-state index in [0.717, 1.165) is 6.54 Å². The first-order valence-corrected chi connectivity index (χ1v) is 7.14. The van der Waals surface area contributed by atoms with Crippen LogP contribution in [-0.2, 0) is 10.0 Å². The van der Waals surface area contributed by atoms with Gasteiger partial charge >= 0.3 is 0 Å². The van der Waals surface area contributed by atoms with E-state index in [9.17, 15) is 8.42 Å². The molecule has 3 nitrogen and oxygen atoms in total. The predicted octanol–water partition coefficient (Wildman–Crippen LogP) is 1.70. The van der Waals surface area contributed by atoms with Crippen molar-refractivity contribution in [2.24, 2.45) is 11.8 Å². The lowest BCUT2D eigenvalue weighted by Gasteiger charge is -2.29. The van der Waals surface area contributed by atoms with E-state index >= 15 is 0 Å². The zero-order valence-corrected chi connectivity index (χ0v) is 10.3. The summed E-state index contributed by atoms with van der Waals surface area (Å²) in [6.07, 6.45) is 3.70. The minimum Gasteiger partial charge on any atom is -0.212 e. The van der Waals surface area contributed by atoms with E-state index in [4.69, 9.17) is 0 Å². The average Bonchev–Trinajstić information content (AvgIpc) is 2.79. The first kappa shape index (κ1) is 12.0. The van der Waals surface area contributed by atoms with Crippen molar-refractivity contribution in [3.05, 3.63) is 0 Å². The molecule has 0 aromatic heterocycles. The van der Waals surface area contributed by atoms with E-state index in [0.29, 0.717) is 11.8 Å². The summed E-state index contributed by atoms with van der Waals surface area (Å²) in [5.41, 5.74) is 0. The molecule has 0 aromatic carbocycles. The summed E-state index contributed by atoms with van der Waals surface area (Å²) in [4.78, 5) is 0. The second-order valence-electron chi connectivity index (χ2n) is 4.76. The number of nitrogens with zero attached hydrogens (tertiary/aromatic N) is 1. The summed E-state index contributed by atoms with van der Waals surface area (Å²) >= 11 is 0. The van der Waals surface area contributed by atoms with Crippen LogP contribution in [0.1, 0.15) is 33.6 Å². The molecule has 0 radical (unpaired) electrons. The van der Waals surface area contributed by atoms with E-state index in [1.165, 1.54) is 19.1 Å². The Bertz CT molecular complexity index is 280. The highest BCUT2D eigenvalue weighted by Gasteiger charge is 2.32. The second-order valence-corrected chi connectivity index (χ2v) is 6.70. The number of hydrogen-bond acceptors (Lipinski definition) is 2. The molecule has 0 saturated heterocycles. The number of hydrogen-bond donors (Lipinski definition) is 0. The summed E-state index contributed by atoms with van der Waals surface area (Å²) in [6, 6.07) is 0.116. The van der Waals surface area contributed by atoms with Gasteiger partial charge in [-0.05, 0) is 31.6 Å². The van der Waals surface area contributed by atoms with E-state index in [-0.39, 0.29) is 6.04 Å². The second kappa shape index (κ2) is 4.19. The van der Waals surface area contributed by atoms with Crippen molar-refractivity contribution in [2.45, 2.75) is 39.7 Å². The van der Waals surface area contributed by atoms with Gasteiger partial charge in [-0.1, -0.05) is 13.8 Å². The smallest absolute Gasteiger partial charge is 0.211 e. The van der Waals surface area contributed by atoms with Crippen LogP contribution < -0.4 is 0 Å². The van der Waals surface area contributed by atoms with E-state index < -0.39 is 10.0 Å². The van der Waals surface area contributed by atoms with Crippen LogP contribution >= 0.6 is 0 Å². The van der Waals surface area contributed by atoms with Crippen LogP contribution in [0.15, 0.2) is 0 Å². The molecule has 0 spiro atoms. The molecule has 1 saturated carbocycles.